The van der Waals surface area contributed by atoms with Crippen molar-refractivity contribution in [1.82, 2.24) is 10.3 Å². The van der Waals surface area contributed by atoms with Crippen LogP contribution >= 0.6 is 0 Å². The van der Waals surface area contributed by atoms with Crippen LogP contribution in [0.1, 0.15) is 20.8 Å². The summed E-state index contributed by atoms with van der Waals surface area (Å²) in [5.74, 6) is 0.277. The molecular formula is C18H23FN4O2. The molecule has 2 heterocycles. The minimum absolute atomic E-state index is 0.297. The van der Waals surface area contributed by atoms with Crippen molar-refractivity contribution in [3.05, 3.63) is 30.1 Å². The molecule has 1 aliphatic heterocycles. The number of nitrogens with zero attached hydrogens (tertiary/aromatic N) is 2. The van der Waals surface area contributed by atoms with E-state index in [1.54, 1.807) is 6.07 Å². The molecule has 0 bridgehead atoms. The summed E-state index contributed by atoms with van der Waals surface area (Å²) in [6.45, 7) is 8.42. The maximum Gasteiger partial charge on any atom is 0.319 e. The van der Waals surface area contributed by atoms with Gasteiger partial charge in [0.05, 0.1) is 13.2 Å². The van der Waals surface area contributed by atoms with Crippen molar-refractivity contribution in [2.75, 3.05) is 36.5 Å². The summed E-state index contributed by atoms with van der Waals surface area (Å²) in [5.41, 5.74) is 0.326. The van der Waals surface area contributed by atoms with Gasteiger partial charge in [-0.25, -0.2) is 14.2 Å². The third-order valence-electron chi connectivity index (χ3n) is 3.81. The zero-order chi connectivity index (χ0) is 18.0. The Morgan fingerprint density at radius 2 is 1.96 bits per heavy atom. The van der Waals surface area contributed by atoms with E-state index < -0.39 is 5.82 Å². The van der Waals surface area contributed by atoms with Crippen LogP contribution < -0.4 is 15.5 Å². The number of ether oxygens (including phenoxy) is 1. The van der Waals surface area contributed by atoms with Gasteiger partial charge in [0.25, 0.3) is 0 Å². The van der Waals surface area contributed by atoms with Crippen molar-refractivity contribution in [1.29, 1.82) is 0 Å². The van der Waals surface area contributed by atoms with Gasteiger partial charge >= 0.3 is 6.03 Å². The summed E-state index contributed by atoms with van der Waals surface area (Å²) in [6, 6.07) is 6.33. The summed E-state index contributed by atoms with van der Waals surface area (Å²) in [5, 5.41) is 6.09. The number of fused-ring (bicyclic) bond motifs is 1. The molecule has 0 unspecified atom stereocenters. The first-order chi connectivity index (χ1) is 11.8. The highest BCUT2D eigenvalue weighted by Crippen LogP contribution is 2.25. The van der Waals surface area contributed by atoms with E-state index in [9.17, 15) is 9.18 Å². The molecule has 2 aromatic rings. The highest BCUT2D eigenvalue weighted by molar-refractivity contribution is 5.93. The van der Waals surface area contributed by atoms with E-state index >= 15 is 0 Å². The van der Waals surface area contributed by atoms with Gasteiger partial charge in [0, 0.05) is 29.7 Å². The molecule has 0 saturated carbocycles. The van der Waals surface area contributed by atoms with Crippen LogP contribution in [0.25, 0.3) is 10.9 Å². The van der Waals surface area contributed by atoms with Crippen molar-refractivity contribution >= 4 is 28.4 Å². The molecule has 1 aromatic carbocycles. The fourth-order valence-electron chi connectivity index (χ4n) is 2.73. The van der Waals surface area contributed by atoms with Crippen LogP contribution in [0.4, 0.5) is 20.7 Å². The molecule has 0 radical (unpaired) electrons. The molecule has 2 N–H and O–H groups in total. The highest BCUT2D eigenvalue weighted by atomic mass is 19.1. The Balaban J connectivity index is 1.83. The van der Waals surface area contributed by atoms with Crippen LogP contribution in [-0.4, -0.2) is 42.9 Å². The van der Waals surface area contributed by atoms with E-state index in [-0.39, 0.29) is 11.6 Å². The Hall–Kier alpha value is -2.41. The number of benzene rings is 1. The van der Waals surface area contributed by atoms with Gasteiger partial charge in [-0.3, -0.25) is 0 Å². The van der Waals surface area contributed by atoms with Gasteiger partial charge < -0.3 is 20.3 Å². The number of halogens is 1. The summed E-state index contributed by atoms with van der Waals surface area (Å²) >= 11 is 0. The number of nitrogens with one attached hydrogen (secondary N) is 2. The maximum atomic E-state index is 14.5. The van der Waals surface area contributed by atoms with Crippen molar-refractivity contribution in [3.63, 3.8) is 0 Å². The Morgan fingerprint density at radius 1 is 1.24 bits per heavy atom. The molecule has 7 heteroatoms. The van der Waals surface area contributed by atoms with Gasteiger partial charge in [0.15, 0.2) is 5.82 Å². The largest absolute Gasteiger partial charge is 0.378 e. The molecule has 1 fully saturated rings. The summed E-state index contributed by atoms with van der Waals surface area (Å²) in [7, 11) is 0. The molecule has 2 amide bonds. The molecule has 1 aliphatic rings. The highest BCUT2D eigenvalue weighted by Gasteiger charge is 2.16. The van der Waals surface area contributed by atoms with Gasteiger partial charge in [-0.05, 0) is 45.0 Å². The Bertz CT molecular complexity index is 782. The monoisotopic (exact) mass is 346 g/mol. The lowest BCUT2D eigenvalue weighted by Gasteiger charge is -2.28. The van der Waals surface area contributed by atoms with Gasteiger partial charge in [0.2, 0.25) is 0 Å². The predicted molar refractivity (Wildman–Crippen MR) is 96.6 cm³/mol. The van der Waals surface area contributed by atoms with Gasteiger partial charge in [-0.15, -0.1) is 0 Å². The van der Waals surface area contributed by atoms with E-state index in [4.69, 9.17) is 4.74 Å². The summed E-state index contributed by atoms with van der Waals surface area (Å²) in [4.78, 5) is 18.5. The molecule has 0 spiro atoms. The molecule has 6 nitrogen and oxygen atoms in total. The normalized spacial score (nSPS) is 15.3. The number of hydrogen-bond acceptors (Lipinski definition) is 4. The molecule has 0 atom stereocenters. The number of aromatic nitrogens is 1. The second-order valence-corrected chi connectivity index (χ2v) is 7.13. The zero-order valence-corrected chi connectivity index (χ0v) is 14.7. The SMILES string of the molecule is CC(C)(C)NC(=O)Nc1cc(F)c2nc(N3CCOCC3)ccc2c1. The number of morpholine rings is 1. The third kappa shape index (κ3) is 4.36. The molecule has 134 valence electrons. The number of anilines is 2. The number of pyridine rings is 1. The third-order valence-corrected chi connectivity index (χ3v) is 3.81. The number of hydrogen-bond donors (Lipinski definition) is 2. The van der Waals surface area contributed by atoms with Crippen molar-refractivity contribution in [2.24, 2.45) is 0 Å². The fourth-order valence-corrected chi connectivity index (χ4v) is 2.73. The van der Waals surface area contributed by atoms with E-state index in [0.29, 0.717) is 29.8 Å². The van der Waals surface area contributed by atoms with Crippen LogP contribution in [0.3, 0.4) is 0 Å². The Kier molecular flexibility index (Phi) is 4.76. The van der Waals surface area contributed by atoms with E-state index in [1.165, 1.54) is 6.07 Å². The average Bonchev–Trinajstić information content (AvgIpc) is 2.53. The van der Waals surface area contributed by atoms with Crippen molar-refractivity contribution in [3.8, 4) is 0 Å². The first kappa shape index (κ1) is 17.4. The van der Waals surface area contributed by atoms with Crippen molar-refractivity contribution in [2.45, 2.75) is 26.3 Å². The molecule has 25 heavy (non-hydrogen) atoms. The molecular weight excluding hydrogens is 323 g/mol. The lowest BCUT2D eigenvalue weighted by molar-refractivity contribution is 0.122. The van der Waals surface area contributed by atoms with Crippen LogP contribution in [0.5, 0.6) is 0 Å². The van der Waals surface area contributed by atoms with Crippen LogP contribution in [0, 0.1) is 5.82 Å². The van der Waals surface area contributed by atoms with Crippen LogP contribution in [0.2, 0.25) is 0 Å². The fraction of sp³-hybridized carbons (Fsp3) is 0.444. The molecule has 3 rings (SSSR count). The number of carbonyl (C=O) groups is 1. The lowest BCUT2D eigenvalue weighted by atomic mass is 10.1. The zero-order valence-electron chi connectivity index (χ0n) is 14.7. The number of urea groups is 1. The standard InChI is InChI=1S/C18H23FN4O2/c1-18(2,3)22-17(24)20-13-10-12-4-5-15(21-16(12)14(19)11-13)23-6-8-25-9-7-23/h4-5,10-11H,6-9H2,1-3H3,(H2,20,22,24). The second kappa shape index (κ2) is 6.84. The van der Waals surface area contributed by atoms with Gasteiger partial charge in [-0.1, -0.05) is 0 Å². The first-order valence-electron chi connectivity index (χ1n) is 8.34. The minimum Gasteiger partial charge on any atom is -0.378 e. The van der Waals surface area contributed by atoms with Gasteiger partial charge in [0.1, 0.15) is 11.3 Å². The smallest absolute Gasteiger partial charge is 0.319 e. The van der Waals surface area contributed by atoms with E-state index in [2.05, 4.69) is 20.5 Å². The molecule has 1 aromatic heterocycles. The van der Waals surface area contributed by atoms with Crippen molar-refractivity contribution < 1.29 is 13.9 Å². The quantitative estimate of drug-likeness (QED) is 0.877. The average molecular weight is 346 g/mol. The Morgan fingerprint density at radius 3 is 2.64 bits per heavy atom. The lowest BCUT2D eigenvalue weighted by Crippen LogP contribution is -2.43. The van der Waals surface area contributed by atoms with Crippen LogP contribution in [-0.2, 0) is 4.74 Å². The summed E-state index contributed by atoms with van der Waals surface area (Å²) in [6.07, 6.45) is 0. The Labute approximate surface area is 146 Å². The molecule has 0 aliphatic carbocycles. The van der Waals surface area contributed by atoms with E-state index in [0.717, 1.165) is 18.9 Å². The number of amides is 2. The topological polar surface area (TPSA) is 66.5 Å². The number of rotatable bonds is 2. The van der Waals surface area contributed by atoms with Crippen LogP contribution in [0.15, 0.2) is 24.3 Å². The predicted octanol–water partition coefficient (Wildman–Crippen LogP) is 3.13. The summed E-state index contributed by atoms with van der Waals surface area (Å²) < 4.78 is 19.8. The minimum atomic E-state index is -0.460. The molecule has 1 saturated heterocycles. The van der Waals surface area contributed by atoms with E-state index in [1.807, 2.05) is 32.9 Å². The first-order valence-corrected chi connectivity index (χ1v) is 8.34. The number of carbonyl (C=O) groups excluding carboxylic acids is 1. The van der Waals surface area contributed by atoms with Gasteiger partial charge in [-0.2, -0.15) is 0 Å². The maximum absolute atomic E-state index is 14.5. The second-order valence-electron chi connectivity index (χ2n) is 7.13.